The molecule has 17 heavy (non-hydrogen) atoms. The van der Waals surface area contributed by atoms with Crippen molar-refractivity contribution in [2.75, 3.05) is 40.4 Å². The highest BCUT2D eigenvalue weighted by Gasteiger charge is 2.01. The van der Waals surface area contributed by atoms with Crippen LogP contribution in [0.2, 0.25) is 0 Å². The van der Waals surface area contributed by atoms with Crippen molar-refractivity contribution in [1.82, 2.24) is 10.2 Å². The van der Waals surface area contributed by atoms with Gasteiger partial charge >= 0.3 is 0 Å². The Bertz CT molecular complexity index is 184. The molecular weight excluding hydrogens is 216 g/mol. The molecular formula is C13H28N2O2. The second-order valence-corrected chi connectivity index (χ2v) is 4.46. The van der Waals surface area contributed by atoms with Gasteiger partial charge in [0.05, 0.1) is 0 Å². The zero-order valence-corrected chi connectivity index (χ0v) is 11.6. The molecule has 0 aromatic carbocycles. The molecule has 4 nitrogen and oxygen atoms in total. The van der Waals surface area contributed by atoms with Crippen LogP contribution in [0.15, 0.2) is 0 Å². The molecule has 0 spiro atoms. The van der Waals surface area contributed by atoms with Gasteiger partial charge in [0, 0.05) is 33.7 Å². The summed E-state index contributed by atoms with van der Waals surface area (Å²) in [5.74, 6) is 0.203. The molecule has 1 amide bonds. The van der Waals surface area contributed by atoms with Gasteiger partial charge in [-0.05, 0) is 32.4 Å². The van der Waals surface area contributed by atoms with E-state index in [9.17, 15) is 4.79 Å². The predicted molar refractivity (Wildman–Crippen MR) is 71.1 cm³/mol. The van der Waals surface area contributed by atoms with Crippen LogP contribution in [0.25, 0.3) is 0 Å². The quantitative estimate of drug-likeness (QED) is 0.562. The van der Waals surface area contributed by atoms with Gasteiger partial charge in [0.15, 0.2) is 0 Å². The van der Waals surface area contributed by atoms with E-state index in [1.807, 2.05) is 0 Å². The molecule has 0 atom stereocenters. The summed E-state index contributed by atoms with van der Waals surface area (Å²) >= 11 is 0. The highest BCUT2D eigenvalue weighted by atomic mass is 16.5. The van der Waals surface area contributed by atoms with Gasteiger partial charge in [0.2, 0.25) is 5.91 Å². The van der Waals surface area contributed by atoms with Crippen molar-refractivity contribution >= 4 is 5.91 Å². The van der Waals surface area contributed by atoms with Crippen LogP contribution < -0.4 is 5.32 Å². The Balaban J connectivity index is 3.06. The number of rotatable bonds is 11. The second kappa shape index (κ2) is 11.9. The zero-order chi connectivity index (χ0) is 12.9. The van der Waals surface area contributed by atoms with Crippen LogP contribution in [0, 0.1) is 0 Å². The molecule has 0 unspecified atom stereocenters. The molecule has 0 aliphatic carbocycles. The van der Waals surface area contributed by atoms with Crippen LogP contribution in [0.5, 0.6) is 0 Å². The maximum Gasteiger partial charge on any atom is 0.222 e. The minimum atomic E-state index is 0.203. The van der Waals surface area contributed by atoms with Gasteiger partial charge in [-0.1, -0.05) is 13.3 Å². The highest BCUT2D eigenvalue weighted by molar-refractivity contribution is 5.75. The molecule has 0 aliphatic rings. The third-order valence-electron chi connectivity index (χ3n) is 2.53. The number of nitrogens with one attached hydrogen (secondary N) is 1. The number of hydrogen-bond acceptors (Lipinski definition) is 3. The first-order chi connectivity index (χ1) is 8.18. The first-order valence-corrected chi connectivity index (χ1v) is 6.67. The van der Waals surface area contributed by atoms with Crippen molar-refractivity contribution in [3.05, 3.63) is 0 Å². The van der Waals surface area contributed by atoms with Crippen LogP contribution in [0.4, 0.5) is 0 Å². The van der Waals surface area contributed by atoms with E-state index in [0.29, 0.717) is 6.42 Å². The van der Waals surface area contributed by atoms with E-state index in [2.05, 4.69) is 12.2 Å². The molecule has 0 bridgehead atoms. The molecule has 0 heterocycles. The average molecular weight is 244 g/mol. The van der Waals surface area contributed by atoms with Gasteiger partial charge in [-0.15, -0.1) is 0 Å². The van der Waals surface area contributed by atoms with Crippen LogP contribution in [-0.4, -0.2) is 51.2 Å². The van der Waals surface area contributed by atoms with E-state index in [4.69, 9.17) is 4.74 Å². The van der Waals surface area contributed by atoms with E-state index in [1.54, 1.807) is 19.0 Å². The maximum atomic E-state index is 11.3. The average Bonchev–Trinajstić information content (AvgIpc) is 2.31. The minimum Gasteiger partial charge on any atom is -0.381 e. The lowest BCUT2D eigenvalue weighted by atomic mass is 10.3. The molecule has 4 heteroatoms. The van der Waals surface area contributed by atoms with Gasteiger partial charge in [-0.25, -0.2) is 0 Å². The SMILES string of the molecule is CCCCOCCCNCCCC(=O)N(C)C. The Morgan fingerprint density at radius 3 is 2.41 bits per heavy atom. The predicted octanol–water partition coefficient (Wildman–Crippen LogP) is 1.65. The lowest BCUT2D eigenvalue weighted by Crippen LogP contribution is -2.24. The maximum absolute atomic E-state index is 11.3. The molecule has 0 fully saturated rings. The summed E-state index contributed by atoms with van der Waals surface area (Å²) < 4.78 is 5.45. The molecule has 102 valence electrons. The third kappa shape index (κ3) is 11.6. The van der Waals surface area contributed by atoms with Crippen molar-refractivity contribution in [2.24, 2.45) is 0 Å². The number of ether oxygens (including phenoxy) is 1. The number of amides is 1. The minimum absolute atomic E-state index is 0.203. The fourth-order valence-electron chi connectivity index (χ4n) is 1.36. The Morgan fingerprint density at radius 1 is 1.12 bits per heavy atom. The lowest BCUT2D eigenvalue weighted by molar-refractivity contribution is -0.128. The Kier molecular flexibility index (Phi) is 11.4. The summed E-state index contributed by atoms with van der Waals surface area (Å²) in [6.45, 7) is 5.77. The number of unbranched alkanes of at least 4 members (excludes halogenated alkanes) is 1. The van der Waals surface area contributed by atoms with Crippen molar-refractivity contribution in [3.63, 3.8) is 0 Å². The largest absolute Gasteiger partial charge is 0.381 e. The summed E-state index contributed by atoms with van der Waals surface area (Å²) in [5, 5.41) is 3.32. The fraction of sp³-hybridized carbons (Fsp3) is 0.923. The first kappa shape index (κ1) is 16.4. The second-order valence-electron chi connectivity index (χ2n) is 4.46. The first-order valence-electron chi connectivity index (χ1n) is 6.67. The summed E-state index contributed by atoms with van der Waals surface area (Å²) in [6, 6.07) is 0. The van der Waals surface area contributed by atoms with E-state index in [-0.39, 0.29) is 5.91 Å². The molecule has 0 saturated heterocycles. The summed E-state index contributed by atoms with van der Waals surface area (Å²) in [7, 11) is 3.59. The summed E-state index contributed by atoms with van der Waals surface area (Å²) in [6.07, 6.45) is 4.93. The van der Waals surface area contributed by atoms with Crippen LogP contribution >= 0.6 is 0 Å². The van der Waals surface area contributed by atoms with E-state index >= 15 is 0 Å². The number of carbonyl (C=O) groups is 1. The Labute approximate surface area is 106 Å². The molecule has 0 rings (SSSR count). The van der Waals surface area contributed by atoms with Crippen molar-refractivity contribution in [1.29, 1.82) is 0 Å². The molecule has 0 saturated carbocycles. The van der Waals surface area contributed by atoms with Gasteiger partial charge in [-0.2, -0.15) is 0 Å². The standard InChI is InChI=1S/C13H28N2O2/c1-4-5-11-17-12-7-10-14-9-6-8-13(16)15(2)3/h14H,4-12H2,1-3H3. The van der Waals surface area contributed by atoms with Crippen LogP contribution in [0.3, 0.4) is 0 Å². The molecule has 0 radical (unpaired) electrons. The number of carbonyl (C=O) groups excluding carboxylic acids is 1. The smallest absolute Gasteiger partial charge is 0.222 e. The summed E-state index contributed by atoms with van der Waals surface area (Å²) in [4.78, 5) is 12.9. The Morgan fingerprint density at radius 2 is 1.76 bits per heavy atom. The summed E-state index contributed by atoms with van der Waals surface area (Å²) in [5.41, 5.74) is 0. The topological polar surface area (TPSA) is 41.6 Å². The van der Waals surface area contributed by atoms with Crippen LogP contribution in [0.1, 0.15) is 39.0 Å². The molecule has 0 aromatic rings. The lowest BCUT2D eigenvalue weighted by Gasteiger charge is -2.10. The zero-order valence-electron chi connectivity index (χ0n) is 11.6. The van der Waals surface area contributed by atoms with Crippen molar-refractivity contribution in [2.45, 2.75) is 39.0 Å². The molecule has 1 N–H and O–H groups in total. The normalized spacial score (nSPS) is 10.5. The van der Waals surface area contributed by atoms with Crippen molar-refractivity contribution in [3.8, 4) is 0 Å². The molecule has 0 aromatic heterocycles. The fourth-order valence-corrected chi connectivity index (χ4v) is 1.36. The third-order valence-corrected chi connectivity index (χ3v) is 2.53. The van der Waals surface area contributed by atoms with E-state index < -0.39 is 0 Å². The monoisotopic (exact) mass is 244 g/mol. The van der Waals surface area contributed by atoms with Gasteiger partial charge in [0.1, 0.15) is 0 Å². The number of nitrogens with zero attached hydrogens (tertiary/aromatic N) is 1. The van der Waals surface area contributed by atoms with Crippen LogP contribution in [-0.2, 0) is 9.53 Å². The van der Waals surface area contributed by atoms with Crippen molar-refractivity contribution < 1.29 is 9.53 Å². The van der Waals surface area contributed by atoms with Gasteiger partial charge in [0.25, 0.3) is 0 Å². The van der Waals surface area contributed by atoms with Gasteiger partial charge in [-0.3, -0.25) is 4.79 Å². The Hall–Kier alpha value is -0.610. The molecule has 0 aliphatic heterocycles. The highest BCUT2D eigenvalue weighted by Crippen LogP contribution is 1.92. The van der Waals surface area contributed by atoms with E-state index in [1.165, 1.54) is 6.42 Å². The number of hydrogen-bond donors (Lipinski definition) is 1. The van der Waals surface area contributed by atoms with E-state index in [0.717, 1.165) is 45.6 Å². The van der Waals surface area contributed by atoms with Gasteiger partial charge < -0.3 is 15.0 Å².